The first-order chi connectivity index (χ1) is 13.4. The van der Waals surface area contributed by atoms with Gasteiger partial charge in [-0.2, -0.15) is 0 Å². The van der Waals surface area contributed by atoms with E-state index in [4.69, 9.17) is 4.74 Å². The van der Waals surface area contributed by atoms with E-state index in [-0.39, 0.29) is 17.9 Å². The molecule has 0 radical (unpaired) electrons. The van der Waals surface area contributed by atoms with Crippen molar-refractivity contribution in [3.8, 4) is 5.75 Å². The number of amides is 2. The summed E-state index contributed by atoms with van der Waals surface area (Å²) in [6, 6.07) is 11.1. The van der Waals surface area contributed by atoms with E-state index in [1.54, 1.807) is 35.1 Å². The molecule has 2 aromatic rings. The van der Waals surface area contributed by atoms with Crippen LogP contribution in [0.3, 0.4) is 0 Å². The fraction of sp³-hybridized carbons (Fsp3) is 0.381. The predicted molar refractivity (Wildman–Crippen MR) is 108 cm³/mol. The molecule has 1 aromatic carbocycles. The van der Waals surface area contributed by atoms with Crippen LogP contribution in [-0.4, -0.2) is 58.9 Å². The monoisotopic (exact) mass is 382 g/mol. The van der Waals surface area contributed by atoms with Gasteiger partial charge in [-0.3, -0.25) is 9.59 Å². The Morgan fingerprint density at radius 3 is 2.43 bits per heavy atom. The standard InChI is InChI=1S/C21H26N4O3/c1-15(2)28-19-7-5-4-6-18(19)23-20-14-17(8-9-22-20)21(27)25-12-10-24(11-13-25)16(3)26/h4-9,14-15H,10-13H2,1-3H3,(H,22,23). The molecule has 1 fully saturated rings. The molecular weight excluding hydrogens is 356 g/mol. The number of para-hydroxylation sites is 2. The Kier molecular flexibility index (Phi) is 6.13. The molecule has 28 heavy (non-hydrogen) atoms. The van der Waals surface area contributed by atoms with Gasteiger partial charge < -0.3 is 19.9 Å². The summed E-state index contributed by atoms with van der Waals surface area (Å²) < 4.78 is 5.82. The van der Waals surface area contributed by atoms with Gasteiger partial charge in [-0.05, 0) is 38.1 Å². The third-order valence-corrected chi connectivity index (χ3v) is 4.53. The minimum absolute atomic E-state index is 0.0461. The molecule has 2 amide bonds. The van der Waals surface area contributed by atoms with E-state index in [1.165, 1.54) is 0 Å². The zero-order chi connectivity index (χ0) is 20.1. The van der Waals surface area contributed by atoms with Crippen LogP contribution in [0.1, 0.15) is 31.1 Å². The third kappa shape index (κ3) is 4.79. The molecule has 0 atom stereocenters. The maximum absolute atomic E-state index is 12.8. The number of rotatable bonds is 5. The number of carbonyl (C=O) groups excluding carboxylic acids is 2. The second-order valence-corrected chi connectivity index (χ2v) is 7.02. The Hall–Kier alpha value is -3.09. The molecule has 0 spiro atoms. The lowest BCUT2D eigenvalue weighted by Gasteiger charge is -2.34. The van der Waals surface area contributed by atoms with E-state index in [9.17, 15) is 9.59 Å². The van der Waals surface area contributed by atoms with Crippen LogP contribution in [0, 0.1) is 0 Å². The molecule has 1 N–H and O–H groups in total. The van der Waals surface area contributed by atoms with Crippen molar-refractivity contribution in [2.24, 2.45) is 0 Å². The lowest BCUT2D eigenvalue weighted by Crippen LogP contribution is -2.50. The topological polar surface area (TPSA) is 74.8 Å². The molecule has 0 saturated carbocycles. The number of carbonyl (C=O) groups is 2. The van der Waals surface area contributed by atoms with Gasteiger partial charge in [0.1, 0.15) is 11.6 Å². The number of hydrogen-bond donors (Lipinski definition) is 1. The zero-order valence-electron chi connectivity index (χ0n) is 16.5. The van der Waals surface area contributed by atoms with E-state index in [0.717, 1.165) is 11.4 Å². The Morgan fingerprint density at radius 1 is 1.07 bits per heavy atom. The molecule has 3 rings (SSSR count). The van der Waals surface area contributed by atoms with Crippen molar-refractivity contribution in [1.29, 1.82) is 0 Å². The summed E-state index contributed by atoms with van der Waals surface area (Å²) >= 11 is 0. The van der Waals surface area contributed by atoms with Gasteiger partial charge in [0, 0.05) is 44.9 Å². The van der Waals surface area contributed by atoms with Crippen LogP contribution in [0.15, 0.2) is 42.6 Å². The van der Waals surface area contributed by atoms with Gasteiger partial charge in [0.15, 0.2) is 0 Å². The number of aromatic nitrogens is 1. The molecule has 0 aliphatic carbocycles. The molecule has 7 nitrogen and oxygen atoms in total. The van der Waals surface area contributed by atoms with Gasteiger partial charge in [0.25, 0.3) is 5.91 Å². The SMILES string of the molecule is CC(=O)N1CCN(C(=O)c2ccnc(Nc3ccccc3OC(C)C)c2)CC1. The van der Waals surface area contributed by atoms with Crippen molar-refractivity contribution >= 4 is 23.3 Å². The summed E-state index contributed by atoms with van der Waals surface area (Å²) in [5.74, 6) is 1.30. The quantitative estimate of drug-likeness (QED) is 0.861. The maximum Gasteiger partial charge on any atom is 0.254 e. The molecule has 1 aliphatic heterocycles. The lowest BCUT2D eigenvalue weighted by atomic mass is 10.2. The summed E-state index contributed by atoms with van der Waals surface area (Å²) in [4.78, 5) is 32.1. The summed E-state index contributed by atoms with van der Waals surface area (Å²) in [5, 5.41) is 3.24. The molecule has 0 bridgehead atoms. The molecule has 1 saturated heterocycles. The second kappa shape index (κ2) is 8.73. The number of hydrogen-bond acceptors (Lipinski definition) is 5. The number of pyridine rings is 1. The van der Waals surface area contributed by atoms with E-state index in [0.29, 0.717) is 37.6 Å². The number of benzene rings is 1. The van der Waals surface area contributed by atoms with Crippen LogP contribution in [0.4, 0.5) is 11.5 Å². The van der Waals surface area contributed by atoms with Gasteiger partial charge in [-0.25, -0.2) is 4.98 Å². The van der Waals surface area contributed by atoms with E-state index in [2.05, 4.69) is 10.3 Å². The zero-order valence-corrected chi connectivity index (χ0v) is 16.5. The van der Waals surface area contributed by atoms with Crippen molar-refractivity contribution in [1.82, 2.24) is 14.8 Å². The first-order valence-corrected chi connectivity index (χ1v) is 9.47. The van der Waals surface area contributed by atoms with Gasteiger partial charge in [-0.15, -0.1) is 0 Å². The Labute approximate surface area is 165 Å². The Bertz CT molecular complexity index is 845. The van der Waals surface area contributed by atoms with Crippen molar-refractivity contribution in [3.05, 3.63) is 48.2 Å². The molecule has 1 aliphatic rings. The van der Waals surface area contributed by atoms with Crippen molar-refractivity contribution < 1.29 is 14.3 Å². The van der Waals surface area contributed by atoms with Gasteiger partial charge in [-0.1, -0.05) is 12.1 Å². The Balaban J connectivity index is 1.71. The fourth-order valence-corrected chi connectivity index (χ4v) is 3.10. The van der Waals surface area contributed by atoms with Crippen LogP contribution in [0.2, 0.25) is 0 Å². The molecular formula is C21H26N4O3. The van der Waals surface area contributed by atoms with Gasteiger partial charge in [0.2, 0.25) is 5.91 Å². The predicted octanol–water partition coefficient (Wildman–Crippen LogP) is 2.92. The lowest BCUT2D eigenvalue weighted by molar-refractivity contribution is -0.130. The van der Waals surface area contributed by atoms with Crippen LogP contribution < -0.4 is 10.1 Å². The number of nitrogens with one attached hydrogen (secondary N) is 1. The minimum Gasteiger partial charge on any atom is -0.489 e. The summed E-state index contributed by atoms with van der Waals surface area (Å²) in [6.45, 7) is 7.71. The van der Waals surface area contributed by atoms with E-state index >= 15 is 0 Å². The minimum atomic E-state index is -0.0552. The summed E-state index contributed by atoms with van der Waals surface area (Å²) in [7, 11) is 0. The Morgan fingerprint density at radius 2 is 1.75 bits per heavy atom. The average molecular weight is 382 g/mol. The van der Waals surface area contributed by atoms with E-state index < -0.39 is 0 Å². The highest BCUT2D eigenvalue weighted by Crippen LogP contribution is 2.28. The smallest absolute Gasteiger partial charge is 0.254 e. The van der Waals surface area contributed by atoms with Crippen molar-refractivity contribution in [2.75, 3.05) is 31.5 Å². The number of nitrogens with zero attached hydrogens (tertiary/aromatic N) is 3. The highest BCUT2D eigenvalue weighted by molar-refractivity contribution is 5.95. The summed E-state index contributed by atoms with van der Waals surface area (Å²) in [5.41, 5.74) is 1.36. The van der Waals surface area contributed by atoms with Gasteiger partial charge in [0.05, 0.1) is 11.8 Å². The molecule has 7 heteroatoms. The largest absolute Gasteiger partial charge is 0.489 e. The molecule has 1 aromatic heterocycles. The first-order valence-electron chi connectivity index (χ1n) is 9.47. The number of anilines is 2. The van der Waals surface area contributed by atoms with E-state index in [1.807, 2.05) is 38.1 Å². The third-order valence-electron chi connectivity index (χ3n) is 4.53. The second-order valence-electron chi connectivity index (χ2n) is 7.02. The van der Waals surface area contributed by atoms with Crippen LogP contribution in [0.5, 0.6) is 5.75 Å². The highest BCUT2D eigenvalue weighted by atomic mass is 16.5. The molecule has 0 unspecified atom stereocenters. The fourth-order valence-electron chi connectivity index (χ4n) is 3.10. The highest BCUT2D eigenvalue weighted by Gasteiger charge is 2.23. The number of piperazine rings is 1. The average Bonchev–Trinajstić information content (AvgIpc) is 2.69. The molecule has 2 heterocycles. The number of ether oxygens (including phenoxy) is 1. The normalized spacial score (nSPS) is 14.1. The van der Waals surface area contributed by atoms with Crippen molar-refractivity contribution in [3.63, 3.8) is 0 Å². The van der Waals surface area contributed by atoms with Crippen LogP contribution >= 0.6 is 0 Å². The first kappa shape index (κ1) is 19.7. The van der Waals surface area contributed by atoms with Crippen molar-refractivity contribution in [2.45, 2.75) is 26.9 Å². The van der Waals surface area contributed by atoms with Gasteiger partial charge >= 0.3 is 0 Å². The maximum atomic E-state index is 12.8. The van der Waals surface area contributed by atoms with Crippen LogP contribution in [0.25, 0.3) is 0 Å². The van der Waals surface area contributed by atoms with Crippen LogP contribution in [-0.2, 0) is 4.79 Å². The summed E-state index contributed by atoms with van der Waals surface area (Å²) in [6.07, 6.45) is 1.67. The molecule has 148 valence electrons.